The van der Waals surface area contributed by atoms with Gasteiger partial charge in [-0.2, -0.15) is 0 Å². The Bertz CT molecular complexity index is 1070. The predicted molar refractivity (Wildman–Crippen MR) is 142 cm³/mol. The Hall–Kier alpha value is -1.99. The molecule has 0 spiro atoms. The smallest absolute Gasteiger partial charge is 0.161 e. The summed E-state index contributed by atoms with van der Waals surface area (Å²) in [4.78, 5) is 0. The van der Waals surface area contributed by atoms with E-state index in [-0.39, 0.29) is 7.92 Å². The Kier molecular flexibility index (Phi) is 6.97. The second-order valence-corrected chi connectivity index (χ2v) is 12.6. The van der Waals surface area contributed by atoms with Crippen LogP contribution in [0.3, 0.4) is 0 Å². The molecule has 0 aliphatic heterocycles. The lowest BCUT2D eigenvalue weighted by atomic mass is 9.99. The van der Waals surface area contributed by atoms with Gasteiger partial charge in [0, 0.05) is 29.2 Å². The van der Waals surface area contributed by atoms with Gasteiger partial charge < -0.3 is 14.0 Å². The van der Waals surface area contributed by atoms with E-state index < -0.39 is 0 Å². The van der Waals surface area contributed by atoms with Crippen LogP contribution < -0.4 is 14.8 Å². The lowest BCUT2D eigenvalue weighted by molar-refractivity contribution is 0.355. The lowest BCUT2D eigenvalue weighted by Gasteiger charge is -2.40. The molecule has 3 nitrogen and oxygen atoms in total. The zero-order valence-corrected chi connectivity index (χ0v) is 21.4. The number of rotatable bonds is 6. The first kappa shape index (κ1) is 22.8. The number of benzene rings is 2. The molecule has 0 radical (unpaired) electrons. The summed E-state index contributed by atoms with van der Waals surface area (Å²) in [5.41, 5.74) is 5.61. The maximum Gasteiger partial charge on any atom is 0.161 e. The molecule has 33 heavy (non-hydrogen) atoms. The highest BCUT2D eigenvalue weighted by atomic mass is 31.1. The molecule has 0 unspecified atom stereocenters. The number of aryl methyl sites for hydroxylation is 1. The van der Waals surface area contributed by atoms with Crippen LogP contribution in [0.2, 0.25) is 0 Å². The standard InChI is InChI=1S/C29H38NO2P/c1-30-25-17-11-10-12-21(25)18-26(30)24-19-27(31-2)28(32-3)20-29(24)33(22-13-6-4-7-14-22)23-15-8-5-9-16-23/h10-12,17-20,22-23H,4-9,13-16H2,1-3H3. The van der Waals surface area contributed by atoms with Gasteiger partial charge in [0.15, 0.2) is 11.5 Å². The van der Waals surface area contributed by atoms with Crippen LogP contribution in [0.1, 0.15) is 64.2 Å². The van der Waals surface area contributed by atoms with Crippen LogP contribution in [-0.2, 0) is 7.05 Å². The third kappa shape index (κ3) is 4.42. The monoisotopic (exact) mass is 463 g/mol. The van der Waals surface area contributed by atoms with Crippen LogP contribution in [0.4, 0.5) is 0 Å². The van der Waals surface area contributed by atoms with Crippen molar-refractivity contribution >= 4 is 24.1 Å². The average Bonchev–Trinajstić information content (AvgIpc) is 3.21. The molecular weight excluding hydrogens is 425 g/mol. The Labute approximate surface area is 200 Å². The molecule has 2 aliphatic rings. The van der Waals surface area contributed by atoms with Crippen molar-refractivity contribution in [1.29, 1.82) is 0 Å². The van der Waals surface area contributed by atoms with E-state index >= 15 is 0 Å². The lowest BCUT2D eigenvalue weighted by Crippen LogP contribution is -2.27. The molecule has 0 atom stereocenters. The number of fused-ring (bicyclic) bond motifs is 1. The SMILES string of the molecule is COc1cc(-c2cc3ccccc3n2C)c(P(C2CCCCC2)C2CCCCC2)cc1OC. The largest absolute Gasteiger partial charge is 0.493 e. The number of para-hydroxylation sites is 1. The highest BCUT2D eigenvalue weighted by Gasteiger charge is 2.35. The fourth-order valence-electron chi connectivity index (χ4n) is 6.24. The molecule has 4 heteroatoms. The third-order valence-corrected chi connectivity index (χ3v) is 11.5. The molecule has 1 heterocycles. The van der Waals surface area contributed by atoms with E-state index in [0.717, 1.165) is 22.8 Å². The number of hydrogen-bond acceptors (Lipinski definition) is 2. The summed E-state index contributed by atoms with van der Waals surface area (Å²) in [6.45, 7) is 0. The second kappa shape index (κ2) is 10.1. The van der Waals surface area contributed by atoms with Crippen molar-refractivity contribution in [2.45, 2.75) is 75.5 Å². The summed E-state index contributed by atoms with van der Waals surface area (Å²) < 4.78 is 14.0. The van der Waals surface area contributed by atoms with Gasteiger partial charge in [-0.15, -0.1) is 0 Å². The third-order valence-electron chi connectivity index (χ3n) is 7.94. The Morgan fingerprint density at radius 3 is 1.91 bits per heavy atom. The summed E-state index contributed by atoms with van der Waals surface area (Å²) in [6, 6.07) is 15.7. The van der Waals surface area contributed by atoms with E-state index in [1.165, 1.54) is 86.4 Å². The summed E-state index contributed by atoms with van der Waals surface area (Å²) >= 11 is 0. The Morgan fingerprint density at radius 2 is 1.33 bits per heavy atom. The predicted octanol–water partition coefficient (Wildman–Crippen LogP) is 7.64. The van der Waals surface area contributed by atoms with Crippen LogP contribution in [-0.4, -0.2) is 30.1 Å². The zero-order chi connectivity index (χ0) is 22.8. The molecule has 0 saturated heterocycles. The summed E-state index contributed by atoms with van der Waals surface area (Å²) in [6.07, 6.45) is 14.0. The van der Waals surface area contributed by atoms with E-state index in [0.29, 0.717) is 0 Å². The number of nitrogens with zero attached hydrogens (tertiary/aromatic N) is 1. The van der Waals surface area contributed by atoms with Crippen LogP contribution in [0.15, 0.2) is 42.5 Å². The van der Waals surface area contributed by atoms with E-state index in [4.69, 9.17) is 9.47 Å². The molecule has 2 aliphatic carbocycles. The summed E-state index contributed by atoms with van der Waals surface area (Å²) in [5, 5.41) is 2.85. The molecule has 2 fully saturated rings. The van der Waals surface area contributed by atoms with Crippen molar-refractivity contribution in [3.8, 4) is 22.8 Å². The average molecular weight is 464 g/mol. The van der Waals surface area contributed by atoms with Gasteiger partial charge in [0.2, 0.25) is 0 Å². The van der Waals surface area contributed by atoms with Crippen LogP contribution in [0.5, 0.6) is 11.5 Å². The van der Waals surface area contributed by atoms with Gasteiger partial charge in [-0.1, -0.05) is 64.6 Å². The van der Waals surface area contributed by atoms with E-state index in [9.17, 15) is 0 Å². The van der Waals surface area contributed by atoms with Gasteiger partial charge in [-0.3, -0.25) is 0 Å². The van der Waals surface area contributed by atoms with Gasteiger partial charge >= 0.3 is 0 Å². The second-order valence-electron chi connectivity index (χ2n) is 9.86. The van der Waals surface area contributed by atoms with Crippen molar-refractivity contribution in [3.05, 3.63) is 42.5 Å². The zero-order valence-electron chi connectivity index (χ0n) is 20.5. The highest BCUT2D eigenvalue weighted by molar-refractivity contribution is 7.67. The van der Waals surface area contributed by atoms with Crippen molar-refractivity contribution < 1.29 is 9.47 Å². The molecule has 2 aromatic carbocycles. The number of ether oxygens (including phenoxy) is 2. The Morgan fingerprint density at radius 1 is 0.758 bits per heavy atom. The maximum atomic E-state index is 5.86. The Balaban J connectivity index is 1.71. The van der Waals surface area contributed by atoms with Gasteiger partial charge in [-0.05, 0) is 66.6 Å². The van der Waals surface area contributed by atoms with Crippen molar-refractivity contribution in [1.82, 2.24) is 4.57 Å². The minimum Gasteiger partial charge on any atom is -0.493 e. The van der Waals surface area contributed by atoms with Gasteiger partial charge in [0.05, 0.1) is 14.2 Å². The van der Waals surface area contributed by atoms with Gasteiger partial charge in [0.25, 0.3) is 0 Å². The molecule has 0 amide bonds. The van der Waals surface area contributed by atoms with E-state index in [1.807, 2.05) is 0 Å². The van der Waals surface area contributed by atoms with Crippen LogP contribution in [0.25, 0.3) is 22.2 Å². The first-order chi connectivity index (χ1) is 16.2. The molecule has 2 saturated carbocycles. The van der Waals surface area contributed by atoms with Gasteiger partial charge in [-0.25, -0.2) is 0 Å². The topological polar surface area (TPSA) is 23.4 Å². The summed E-state index contributed by atoms with van der Waals surface area (Å²) in [7, 11) is 5.48. The van der Waals surface area contributed by atoms with Crippen LogP contribution >= 0.6 is 7.92 Å². The molecule has 176 valence electrons. The first-order valence-electron chi connectivity index (χ1n) is 12.8. The van der Waals surface area contributed by atoms with E-state index in [1.54, 1.807) is 19.5 Å². The number of methoxy groups -OCH3 is 2. The number of hydrogen-bond donors (Lipinski definition) is 0. The van der Waals surface area contributed by atoms with Crippen molar-refractivity contribution in [2.24, 2.45) is 7.05 Å². The van der Waals surface area contributed by atoms with E-state index in [2.05, 4.69) is 54.1 Å². The molecule has 0 bridgehead atoms. The quantitative estimate of drug-likeness (QED) is 0.351. The minimum absolute atomic E-state index is 0.266. The highest BCUT2D eigenvalue weighted by Crippen LogP contribution is 2.57. The summed E-state index contributed by atoms with van der Waals surface area (Å²) in [5.74, 6) is 1.72. The fraction of sp³-hybridized carbons (Fsp3) is 0.517. The maximum absolute atomic E-state index is 5.86. The fourth-order valence-corrected chi connectivity index (χ4v) is 10.2. The van der Waals surface area contributed by atoms with Crippen molar-refractivity contribution in [2.75, 3.05) is 14.2 Å². The number of aromatic nitrogens is 1. The minimum atomic E-state index is -0.266. The van der Waals surface area contributed by atoms with Gasteiger partial charge in [0.1, 0.15) is 0 Å². The molecule has 5 rings (SSSR count). The molecule has 3 aromatic rings. The molecule has 1 aromatic heterocycles. The van der Waals surface area contributed by atoms with Crippen LogP contribution in [0, 0.1) is 0 Å². The molecular formula is C29H38NO2P. The first-order valence-corrected chi connectivity index (χ1v) is 14.3. The van der Waals surface area contributed by atoms with Crippen molar-refractivity contribution in [3.63, 3.8) is 0 Å². The normalized spacial score (nSPS) is 18.2. The molecule has 0 N–H and O–H groups in total.